The number of likely N-dealkylation sites (N-methyl/N-ethyl adjacent to an activating group) is 2. The molecule has 0 aromatic heterocycles. The number of rotatable bonds is 4. The molecule has 0 radical (unpaired) electrons. The van der Waals surface area contributed by atoms with E-state index in [4.69, 9.17) is 10.5 Å². The molecule has 2 aliphatic heterocycles. The molecule has 0 spiro atoms. The molecule has 110 valence electrons. The number of fused-ring (bicyclic) bond motifs is 1. The van der Waals surface area contributed by atoms with E-state index in [9.17, 15) is 0 Å². The summed E-state index contributed by atoms with van der Waals surface area (Å²) in [5.41, 5.74) is 10.2. The summed E-state index contributed by atoms with van der Waals surface area (Å²) in [6.07, 6.45) is 2.26. The topological polar surface area (TPSA) is 41.7 Å². The van der Waals surface area contributed by atoms with Crippen molar-refractivity contribution in [2.75, 3.05) is 45.3 Å². The van der Waals surface area contributed by atoms with Crippen molar-refractivity contribution in [3.8, 4) is 0 Å². The number of hydrogen-bond donors (Lipinski definition) is 1. The first-order chi connectivity index (χ1) is 9.70. The highest BCUT2D eigenvalue weighted by atomic mass is 16.5. The van der Waals surface area contributed by atoms with Crippen LogP contribution < -0.4 is 10.6 Å². The van der Waals surface area contributed by atoms with Crippen molar-refractivity contribution in [3.05, 3.63) is 29.3 Å². The third-order valence-electron chi connectivity index (χ3n) is 4.81. The predicted octanol–water partition coefficient (Wildman–Crippen LogP) is 1.40. The highest BCUT2D eigenvalue weighted by molar-refractivity contribution is 5.58. The Balaban J connectivity index is 1.82. The standard InChI is InChI=1S/C16H25N3O/c1-18-7-5-13-9-12(3-4-15(13)18)16(10-17)19(2)14-6-8-20-11-14/h3-4,9,14,16H,5-8,10-11,17H2,1-2H3. The molecule has 1 fully saturated rings. The molecular weight excluding hydrogens is 250 g/mol. The van der Waals surface area contributed by atoms with E-state index in [1.807, 2.05) is 0 Å². The van der Waals surface area contributed by atoms with Gasteiger partial charge in [-0.2, -0.15) is 0 Å². The number of anilines is 1. The minimum Gasteiger partial charge on any atom is -0.380 e. The molecule has 1 saturated heterocycles. The minimum absolute atomic E-state index is 0.290. The van der Waals surface area contributed by atoms with Gasteiger partial charge in [0, 0.05) is 44.5 Å². The van der Waals surface area contributed by atoms with E-state index in [0.717, 1.165) is 32.6 Å². The number of nitrogens with two attached hydrogens (primary N) is 1. The zero-order valence-corrected chi connectivity index (χ0v) is 12.5. The predicted molar refractivity (Wildman–Crippen MR) is 82.2 cm³/mol. The Morgan fingerprint density at radius 1 is 1.50 bits per heavy atom. The van der Waals surface area contributed by atoms with Gasteiger partial charge in [0.15, 0.2) is 0 Å². The molecule has 4 nitrogen and oxygen atoms in total. The second-order valence-corrected chi connectivity index (χ2v) is 5.99. The maximum Gasteiger partial charge on any atom is 0.0622 e. The fourth-order valence-electron chi connectivity index (χ4n) is 3.43. The van der Waals surface area contributed by atoms with Gasteiger partial charge in [0.25, 0.3) is 0 Å². The van der Waals surface area contributed by atoms with Crippen LogP contribution in [-0.2, 0) is 11.2 Å². The van der Waals surface area contributed by atoms with Gasteiger partial charge in [-0.05, 0) is 37.1 Å². The van der Waals surface area contributed by atoms with Gasteiger partial charge < -0.3 is 15.4 Å². The lowest BCUT2D eigenvalue weighted by molar-refractivity contribution is 0.134. The maximum atomic E-state index is 6.05. The van der Waals surface area contributed by atoms with Crippen molar-refractivity contribution in [2.45, 2.75) is 24.9 Å². The zero-order chi connectivity index (χ0) is 14.1. The molecule has 0 bridgehead atoms. The van der Waals surface area contributed by atoms with E-state index in [0.29, 0.717) is 12.6 Å². The molecule has 1 aromatic rings. The van der Waals surface area contributed by atoms with Gasteiger partial charge in [0.05, 0.1) is 6.61 Å². The molecular formula is C16H25N3O. The van der Waals surface area contributed by atoms with Crippen molar-refractivity contribution in [1.82, 2.24) is 4.90 Å². The van der Waals surface area contributed by atoms with Crippen LogP contribution in [0.3, 0.4) is 0 Å². The van der Waals surface area contributed by atoms with Crippen LogP contribution in [0.5, 0.6) is 0 Å². The summed E-state index contributed by atoms with van der Waals surface area (Å²) in [5.74, 6) is 0. The normalized spacial score (nSPS) is 23.4. The van der Waals surface area contributed by atoms with Crippen LogP contribution in [0.25, 0.3) is 0 Å². The fraction of sp³-hybridized carbons (Fsp3) is 0.625. The fourth-order valence-corrected chi connectivity index (χ4v) is 3.43. The van der Waals surface area contributed by atoms with Crippen LogP contribution >= 0.6 is 0 Å². The minimum atomic E-state index is 0.290. The molecule has 3 rings (SSSR count). The summed E-state index contributed by atoms with van der Waals surface area (Å²) in [6, 6.07) is 7.63. The van der Waals surface area contributed by atoms with E-state index >= 15 is 0 Å². The van der Waals surface area contributed by atoms with E-state index in [-0.39, 0.29) is 6.04 Å². The zero-order valence-electron chi connectivity index (χ0n) is 12.5. The second kappa shape index (κ2) is 5.72. The lowest BCUT2D eigenvalue weighted by Gasteiger charge is -2.32. The lowest BCUT2D eigenvalue weighted by Crippen LogP contribution is -2.39. The largest absolute Gasteiger partial charge is 0.380 e. The van der Waals surface area contributed by atoms with E-state index < -0.39 is 0 Å². The van der Waals surface area contributed by atoms with Gasteiger partial charge in [-0.3, -0.25) is 4.90 Å². The average Bonchev–Trinajstić information content (AvgIpc) is 3.10. The van der Waals surface area contributed by atoms with Crippen LogP contribution in [-0.4, -0.2) is 51.3 Å². The highest BCUT2D eigenvalue weighted by Gasteiger charge is 2.27. The average molecular weight is 275 g/mol. The van der Waals surface area contributed by atoms with Crippen molar-refractivity contribution >= 4 is 5.69 Å². The van der Waals surface area contributed by atoms with E-state index in [1.165, 1.54) is 16.8 Å². The van der Waals surface area contributed by atoms with Crippen molar-refractivity contribution < 1.29 is 4.74 Å². The van der Waals surface area contributed by atoms with Gasteiger partial charge in [-0.1, -0.05) is 12.1 Å². The summed E-state index contributed by atoms with van der Waals surface area (Å²) in [4.78, 5) is 4.72. The van der Waals surface area contributed by atoms with Gasteiger partial charge >= 0.3 is 0 Å². The third-order valence-corrected chi connectivity index (χ3v) is 4.81. The van der Waals surface area contributed by atoms with Crippen LogP contribution in [0.2, 0.25) is 0 Å². The van der Waals surface area contributed by atoms with Crippen molar-refractivity contribution in [2.24, 2.45) is 5.73 Å². The summed E-state index contributed by atoms with van der Waals surface area (Å²) in [7, 11) is 4.34. The molecule has 0 saturated carbocycles. The number of hydrogen-bond acceptors (Lipinski definition) is 4. The molecule has 20 heavy (non-hydrogen) atoms. The van der Waals surface area contributed by atoms with Crippen LogP contribution in [0.1, 0.15) is 23.6 Å². The summed E-state index contributed by atoms with van der Waals surface area (Å²) in [5, 5.41) is 0. The Bertz CT molecular complexity index is 471. The quantitative estimate of drug-likeness (QED) is 0.902. The molecule has 4 heteroatoms. The van der Waals surface area contributed by atoms with Crippen molar-refractivity contribution in [3.63, 3.8) is 0 Å². The molecule has 2 atom stereocenters. The van der Waals surface area contributed by atoms with Crippen LogP contribution in [0.4, 0.5) is 5.69 Å². The van der Waals surface area contributed by atoms with Gasteiger partial charge in [0.2, 0.25) is 0 Å². The van der Waals surface area contributed by atoms with Crippen LogP contribution in [0, 0.1) is 0 Å². The van der Waals surface area contributed by atoms with E-state index in [1.54, 1.807) is 0 Å². The maximum absolute atomic E-state index is 6.05. The highest BCUT2D eigenvalue weighted by Crippen LogP contribution is 2.31. The molecule has 2 N–H and O–H groups in total. The summed E-state index contributed by atoms with van der Waals surface area (Å²) >= 11 is 0. The Kier molecular flexibility index (Phi) is 3.96. The first kappa shape index (κ1) is 13.9. The summed E-state index contributed by atoms with van der Waals surface area (Å²) < 4.78 is 5.51. The first-order valence-corrected chi connectivity index (χ1v) is 7.54. The van der Waals surface area contributed by atoms with Crippen LogP contribution in [0.15, 0.2) is 18.2 Å². The Morgan fingerprint density at radius 2 is 2.35 bits per heavy atom. The summed E-state index contributed by atoms with van der Waals surface area (Å²) in [6.45, 7) is 3.49. The van der Waals surface area contributed by atoms with E-state index in [2.05, 4.69) is 42.1 Å². The molecule has 2 heterocycles. The molecule has 2 unspecified atom stereocenters. The lowest BCUT2D eigenvalue weighted by atomic mass is 10.00. The molecule has 2 aliphatic rings. The Labute approximate surface area is 121 Å². The number of nitrogens with zero attached hydrogens (tertiary/aromatic N) is 2. The Hall–Kier alpha value is -1.10. The first-order valence-electron chi connectivity index (χ1n) is 7.54. The number of benzene rings is 1. The van der Waals surface area contributed by atoms with Gasteiger partial charge in [-0.15, -0.1) is 0 Å². The van der Waals surface area contributed by atoms with Crippen molar-refractivity contribution in [1.29, 1.82) is 0 Å². The molecule has 0 aliphatic carbocycles. The molecule has 1 aromatic carbocycles. The number of ether oxygens (including phenoxy) is 1. The SMILES string of the molecule is CN1CCc2cc(C(CN)N(C)C3CCOC3)ccc21. The smallest absolute Gasteiger partial charge is 0.0622 e. The van der Waals surface area contributed by atoms with Gasteiger partial charge in [-0.25, -0.2) is 0 Å². The van der Waals surface area contributed by atoms with Gasteiger partial charge in [0.1, 0.15) is 0 Å². The molecule has 0 amide bonds. The Morgan fingerprint density at radius 3 is 3.05 bits per heavy atom. The monoisotopic (exact) mass is 275 g/mol. The third kappa shape index (κ3) is 2.43. The second-order valence-electron chi connectivity index (χ2n) is 5.99.